The van der Waals surface area contributed by atoms with Gasteiger partial charge in [-0.05, 0) is 57.5 Å². The summed E-state index contributed by atoms with van der Waals surface area (Å²) in [5, 5.41) is 3.33. The monoisotopic (exact) mass is 225 g/mol. The maximum absolute atomic E-state index is 11.6. The lowest BCUT2D eigenvalue weighted by Crippen LogP contribution is -2.21. The Morgan fingerprint density at radius 1 is 1.19 bits per heavy atom. The first-order chi connectivity index (χ1) is 7.84. The first-order valence-corrected chi connectivity index (χ1v) is 6.75. The maximum Gasteiger partial charge on any atom is 0.306 e. The average Bonchev–Trinajstić information content (AvgIpc) is 2.81. The fraction of sp³-hybridized carbons (Fsp3) is 0.923. The van der Waals surface area contributed by atoms with Gasteiger partial charge in [0.1, 0.15) is 6.10 Å². The first-order valence-electron chi connectivity index (χ1n) is 6.75. The van der Waals surface area contributed by atoms with Crippen molar-refractivity contribution in [3.05, 3.63) is 0 Å². The number of hydrogen-bond acceptors (Lipinski definition) is 3. The number of esters is 1. The zero-order chi connectivity index (χ0) is 11.2. The minimum Gasteiger partial charge on any atom is -0.462 e. The normalized spacial score (nSPS) is 26.9. The van der Waals surface area contributed by atoms with E-state index in [9.17, 15) is 4.79 Å². The summed E-state index contributed by atoms with van der Waals surface area (Å²) in [6, 6.07) is 0. The number of rotatable bonds is 4. The van der Waals surface area contributed by atoms with E-state index in [4.69, 9.17) is 4.74 Å². The van der Waals surface area contributed by atoms with Crippen molar-refractivity contribution >= 4 is 5.97 Å². The van der Waals surface area contributed by atoms with Crippen molar-refractivity contribution in [2.75, 3.05) is 13.1 Å². The molecule has 0 amide bonds. The van der Waals surface area contributed by atoms with Gasteiger partial charge < -0.3 is 10.1 Å². The molecule has 0 radical (unpaired) electrons. The van der Waals surface area contributed by atoms with Crippen LogP contribution < -0.4 is 5.32 Å². The van der Waals surface area contributed by atoms with Crippen LogP contribution in [0.5, 0.6) is 0 Å². The standard InChI is InChI=1S/C13H23NO2/c15-13(7-6-11-8-9-14-10-11)16-12-4-2-1-3-5-12/h11-12,14H,1-10H2. The van der Waals surface area contributed by atoms with Crippen LogP contribution in [0.15, 0.2) is 0 Å². The van der Waals surface area contributed by atoms with E-state index in [0.29, 0.717) is 12.3 Å². The second-order valence-electron chi connectivity index (χ2n) is 5.15. The molecule has 92 valence electrons. The lowest BCUT2D eigenvalue weighted by molar-refractivity contribution is -0.150. The molecule has 1 aliphatic heterocycles. The predicted octanol–water partition coefficient (Wildman–Crippen LogP) is 2.25. The number of nitrogens with one attached hydrogen (secondary N) is 1. The molecule has 0 aromatic heterocycles. The Bertz CT molecular complexity index is 218. The third kappa shape index (κ3) is 3.78. The fourth-order valence-corrected chi connectivity index (χ4v) is 2.71. The summed E-state index contributed by atoms with van der Waals surface area (Å²) in [7, 11) is 0. The predicted molar refractivity (Wildman–Crippen MR) is 63.2 cm³/mol. The summed E-state index contributed by atoms with van der Waals surface area (Å²) in [6.45, 7) is 2.19. The molecule has 0 aromatic carbocycles. The van der Waals surface area contributed by atoms with E-state index in [1.165, 1.54) is 25.7 Å². The van der Waals surface area contributed by atoms with Gasteiger partial charge in [-0.25, -0.2) is 0 Å². The molecule has 1 heterocycles. The summed E-state index contributed by atoms with van der Waals surface area (Å²) < 4.78 is 5.49. The van der Waals surface area contributed by atoms with E-state index in [0.717, 1.165) is 32.4 Å². The number of hydrogen-bond donors (Lipinski definition) is 1. The number of ether oxygens (including phenoxy) is 1. The molecule has 0 bridgehead atoms. The van der Waals surface area contributed by atoms with E-state index in [1.54, 1.807) is 0 Å². The van der Waals surface area contributed by atoms with Gasteiger partial charge in [0.25, 0.3) is 0 Å². The van der Waals surface area contributed by atoms with Crippen molar-refractivity contribution in [3.63, 3.8) is 0 Å². The molecule has 1 N–H and O–H groups in total. The molecule has 2 fully saturated rings. The molecule has 1 aliphatic carbocycles. The van der Waals surface area contributed by atoms with Crippen molar-refractivity contribution in [2.24, 2.45) is 5.92 Å². The Balaban J connectivity index is 1.59. The van der Waals surface area contributed by atoms with Crippen LogP contribution in [-0.4, -0.2) is 25.2 Å². The summed E-state index contributed by atoms with van der Waals surface area (Å²) in [5.41, 5.74) is 0. The second kappa shape index (κ2) is 6.24. The van der Waals surface area contributed by atoms with Gasteiger partial charge in [0.2, 0.25) is 0 Å². The SMILES string of the molecule is O=C(CCC1CCNC1)OC1CCCCC1. The molecule has 0 aromatic rings. The summed E-state index contributed by atoms with van der Waals surface area (Å²) >= 11 is 0. The average molecular weight is 225 g/mol. The second-order valence-corrected chi connectivity index (χ2v) is 5.15. The molecule has 1 atom stereocenters. The van der Waals surface area contributed by atoms with Gasteiger partial charge in [0.05, 0.1) is 0 Å². The Kier molecular flexibility index (Phi) is 4.64. The molecule has 2 rings (SSSR count). The smallest absolute Gasteiger partial charge is 0.306 e. The maximum atomic E-state index is 11.6. The zero-order valence-electron chi connectivity index (χ0n) is 10.0. The van der Waals surface area contributed by atoms with Gasteiger partial charge in [-0.3, -0.25) is 4.79 Å². The van der Waals surface area contributed by atoms with E-state index in [2.05, 4.69) is 5.32 Å². The molecular weight excluding hydrogens is 202 g/mol. The molecule has 16 heavy (non-hydrogen) atoms. The highest BCUT2D eigenvalue weighted by Gasteiger charge is 2.20. The van der Waals surface area contributed by atoms with Crippen molar-refractivity contribution in [2.45, 2.75) is 57.5 Å². The quantitative estimate of drug-likeness (QED) is 0.746. The topological polar surface area (TPSA) is 38.3 Å². The summed E-state index contributed by atoms with van der Waals surface area (Å²) in [5.74, 6) is 0.720. The van der Waals surface area contributed by atoms with Gasteiger partial charge >= 0.3 is 5.97 Å². The van der Waals surface area contributed by atoms with Crippen LogP contribution in [0.1, 0.15) is 51.4 Å². The highest BCUT2D eigenvalue weighted by Crippen LogP contribution is 2.21. The minimum atomic E-state index is 0.0267. The van der Waals surface area contributed by atoms with Crippen LogP contribution >= 0.6 is 0 Å². The van der Waals surface area contributed by atoms with Crippen molar-refractivity contribution in [3.8, 4) is 0 Å². The molecule has 1 saturated carbocycles. The van der Waals surface area contributed by atoms with Crippen LogP contribution in [-0.2, 0) is 9.53 Å². The van der Waals surface area contributed by atoms with Crippen LogP contribution in [0.2, 0.25) is 0 Å². The largest absolute Gasteiger partial charge is 0.462 e. The summed E-state index contributed by atoms with van der Waals surface area (Å²) in [4.78, 5) is 11.6. The lowest BCUT2D eigenvalue weighted by Gasteiger charge is -2.22. The minimum absolute atomic E-state index is 0.0267. The van der Waals surface area contributed by atoms with Crippen molar-refractivity contribution in [1.82, 2.24) is 5.32 Å². The van der Waals surface area contributed by atoms with Crippen LogP contribution in [0.3, 0.4) is 0 Å². The van der Waals surface area contributed by atoms with Gasteiger partial charge in [-0.15, -0.1) is 0 Å². The molecular formula is C13H23NO2. The Morgan fingerprint density at radius 3 is 2.69 bits per heavy atom. The van der Waals surface area contributed by atoms with Crippen LogP contribution in [0.25, 0.3) is 0 Å². The van der Waals surface area contributed by atoms with Gasteiger partial charge in [0.15, 0.2) is 0 Å². The van der Waals surface area contributed by atoms with E-state index in [-0.39, 0.29) is 12.1 Å². The van der Waals surface area contributed by atoms with Gasteiger partial charge in [0, 0.05) is 6.42 Å². The van der Waals surface area contributed by atoms with Crippen molar-refractivity contribution < 1.29 is 9.53 Å². The Labute approximate surface area is 97.9 Å². The van der Waals surface area contributed by atoms with Crippen molar-refractivity contribution in [1.29, 1.82) is 0 Å². The van der Waals surface area contributed by atoms with E-state index >= 15 is 0 Å². The molecule has 3 heteroatoms. The Morgan fingerprint density at radius 2 is 2.00 bits per heavy atom. The molecule has 1 unspecified atom stereocenters. The van der Waals surface area contributed by atoms with Gasteiger partial charge in [-0.1, -0.05) is 6.42 Å². The molecule has 3 nitrogen and oxygen atoms in total. The van der Waals surface area contributed by atoms with Gasteiger partial charge in [-0.2, -0.15) is 0 Å². The highest BCUT2D eigenvalue weighted by molar-refractivity contribution is 5.69. The third-order valence-corrected chi connectivity index (χ3v) is 3.77. The Hall–Kier alpha value is -0.570. The zero-order valence-corrected chi connectivity index (χ0v) is 10.0. The van der Waals surface area contributed by atoms with Crippen LogP contribution in [0.4, 0.5) is 0 Å². The molecule has 1 saturated heterocycles. The number of carbonyl (C=O) groups excluding carboxylic acids is 1. The van der Waals surface area contributed by atoms with E-state index < -0.39 is 0 Å². The molecule has 2 aliphatic rings. The van der Waals surface area contributed by atoms with Crippen LogP contribution in [0, 0.1) is 5.92 Å². The highest BCUT2D eigenvalue weighted by atomic mass is 16.5. The molecule has 0 spiro atoms. The summed E-state index contributed by atoms with van der Waals surface area (Å²) in [6.07, 6.45) is 8.98. The lowest BCUT2D eigenvalue weighted by atomic mass is 9.97. The third-order valence-electron chi connectivity index (χ3n) is 3.77. The fourth-order valence-electron chi connectivity index (χ4n) is 2.71. The van der Waals surface area contributed by atoms with E-state index in [1.807, 2.05) is 0 Å². The first kappa shape index (κ1) is 11.9. The number of carbonyl (C=O) groups is 1.